The Hall–Kier alpha value is -1.73. The topological polar surface area (TPSA) is 67.6 Å². The predicted molar refractivity (Wildman–Crippen MR) is 92.0 cm³/mol. The van der Waals surface area contributed by atoms with E-state index in [1.165, 1.54) is 32.1 Å². The average Bonchev–Trinajstić information content (AvgIpc) is 3.11. The van der Waals surface area contributed by atoms with Crippen LogP contribution in [0.25, 0.3) is 5.65 Å². The molecular formula is C17H26N6O. The number of anilines is 1. The molecular weight excluding hydrogens is 304 g/mol. The van der Waals surface area contributed by atoms with Crippen LogP contribution < -0.4 is 5.32 Å². The Labute approximate surface area is 142 Å². The van der Waals surface area contributed by atoms with Crippen molar-refractivity contribution in [2.24, 2.45) is 5.41 Å². The van der Waals surface area contributed by atoms with Gasteiger partial charge in [0.15, 0.2) is 5.82 Å². The zero-order valence-electron chi connectivity index (χ0n) is 14.2. The first kappa shape index (κ1) is 15.8. The van der Waals surface area contributed by atoms with Crippen LogP contribution in [0.3, 0.4) is 0 Å². The third-order valence-electron chi connectivity index (χ3n) is 5.42. The summed E-state index contributed by atoms with van der Waals surface area (Å²) in [5, 5.41) is 11.7. The highest BCUT2D eigenvalue weighted by Crippen LogP contribution is 2.37. The fourth-order valence-corrected chi connectivity index (χ4v) is 4.08. The Morgan fingerprint density at radius 3 is 2.83 bits per heavy atom. The summed E-state index contributed by atoms with van der Waals surface area (Å²) >= 11 is 0. The van der Waals surface area contributed by atoms with Gasteiger partial charge in [-0.15, -0.1) is 10.2 Å². The molecule has 7 nitrogen and oxygen atoms in total. The number of hydrogen-bond donors (Lipinski definition) is 1. The Balaban J connectivity index is 1.48. The molecule has 2 fully saturated rings. The Morgan fingerprint density at radius 1 is 1.17 bits per heavy atom. The molecule has 2 aromatic rings. The fourth-order valence-electron chi connectivity index (χ4n) is 4.08. The average molecular weight is 330 g/mol. The largest absolute Gasteiger partial charge is 0.379 e. The molecule has 2 aliphatic rings. The number of nitrogens with one attached hydrogen (secondary N) is 1. The van der Waals surface area contributed by atoms with Gasteiger partial charge in [-0.3, -0.25) is 9.30 Å². The summed E-state index contributed by atoms with van der Waals surface area (Å²) in [5.41, 5.74) is 1.12. The summed E-state index contributed by atoms with van der Waals surface area (Å²) in [6.45, 7) is 5.94. The molecule has 24 heavy (non-hydrogen) atoms. The van der Waals surface area contributed by atoms with E-state index in [1.54, 1.807) is 12.5 Å². The first-order valence-electron chi connectivity index (χ1n) is 9.03. The van der Waals surface area contributed by atoms with Gasteiger partial charge in [-0.05, 0) is 12.8 Å². The lowest BCUT2D eigenvalue weighted by molar-refractivity contribution is 0.0102. The van der Waals surface area contributed by atoms with Crippen molar-refractivity contribution < 1.29 is 4.74 Å². The molecule has 1 saturated heterocycles. The maximum Gasteiger partial charge on any atom is 0.203 e. The van der Waals surface area contributed by atoms with Crippen LogP contribution in [0, 0.1) is 5.41 Å². The first-order chi connectivity index (χ1) is 11.8. The highest BCUT2D eigenvalue weighted by Gasteiger charge is 2.34. The summed E-state index contributed by atoms with van der Waals surface area (Å²) < 4.78 is 7.41. The third-order valence-corrected chi connectivity index (χ3v) is 5.42. The van der Waals surface area contributed by atoms with Crippen LogP contribution in [0.4, 0.5) is 5.82 Å². The summed E-state index contributed by atoms with van der Waals surface area (Å²) in [7, 11) is 0. The van der Waals surface area contributed by atoms with E-state index >= 15 is 0 Å². The lowest BCUT2D eigenvalue weighted by atomic mass is 9.73. The second kappa shape index (κ2) is 7.03. The molecule has 2 aromatic heterocycles. The summed E-state index contributed by atoms with van der Waals surface area (Å²) in [6, 6.07) is 0. The van der Waals surface area contributed by atoms with Crippen LogP contribution >= 0.6 is 0 Å². The van der Waals surface area contributed by atoms with Crippen LogP contribution in [0.5, 0.6) is 0 Å². The van der Waals surface area contributed by atoms with E-state index in [0.717, 1.165) is 50.9 Å². The maximum absolute atomic E-state index is 5.51. The maximum atomic E-state index is 5.51. The van der Waals surface area contributed by atoms with Crippen LogP contribution in [0.1, 0.15) is 32.1 Å². The normalized spacial score (nSPS) is 21.8. The molecule has 0 bridgehead atoms. The standard InChI is InChI=1S/C17H26N6O/c1-2-4-17(5-3-1,13-22-8-10-24-11-9-22)12-19-15-16-21-20-14-23(16)7-6-18-15/h6-7,14H,1-5,8-13H2,(H,18,19). The molecule has 0 amide bonds. The number of aromatic nitrogens is 4. The van der Waals surface area contributed by atoms with Gasteiger partial charge in [-0.1, -0.05) is 19.3 Å². The lowest BCUT2D eigenvalue weighted by Gasteiger charge is -2.42. The van der Waals surface area contributed by atoms with Crippen molar-refractivity contribution in [3.63, 3.8) is 0 Å². The zero-order valence-corrected chi connectivity index (χ0v) is 14.2. The number of morpholine rings is 1. The monoisotopic (exact) mass is 330 g/mol. The van der Waals surface area contributed by atoms with Crippen LogP contribution in [-0.2, 0) is 4.74 Å². The van der Waals surface area contributed by atoms with Crippen molar-refractivity contribution in [2.75, 3.05) is 44.7 Å². The number of rotatable bonds is 5. The van der Waals surface area contributed by atoms with E-state index in [4.69, 9.17) is 4.74 Å². The zero-order chi connectivity index (χ0) is 16.2. The van der Waals surface area contributed by atoms with Crippen molar-refractivity contribution in [1.82, 2.24) is 24.5 Å². The van der Waals surface area contributed by atoms with Crippen LogP contribution in [0.15, 0.2) is 18.7 Å². The fraction of sp³-hybridized carbons (Fsp3) is 0.706. The number of nitrogens with zero attached hydrogens (tertiary/aromatic N) is 5. The molecule has 130 valence electrons. The van der Waals surface area contributed by atoms with Crippen molar-refractivity contribution >= 4 is 11.5 Å². The van der Waals surface area contributed by atoms with Gasteiger partial charge >= 0.3 is 0 Å². The number of ether oxygens (including phenoxy) is 1. The molecule has 1 aliphatic heterocycles. The molecule has 0 atom stereocenters. The SMILES string of the molecule is c1cn2cnnc2c(NCC2(CN3CCOCC3)CCCCC2)n1. The minimum absolute atomic E-state index is 0.324. The van der Waals surface area contributed by atoms with Gasteiger partial charge in [0.05, 0.1) is 13.2 Å². The van der Waals surface area contributed by atoms with Crippen molar-refractivity contribution in [3.8, 4) is 0 Å². The van der Waals surface area contributed by atoms with Gasteiger partial charge in [0.2, 0.25) is 5.65 Å². The smallest absolute Gasteiger partial charge is 0.203 e. The second-order valence-electron chi connectivity index (χ2n) is 7.14. The van der Waals surface area contributed by atoms with Crippen molar-refractivity contribution in [1.29, 1.82) is 0 Å². The van der Waals surface area contributed by atoms with E-state index in [1.807, 2.05) is 10.6 Å². The van der Waals surface area contributed by atoms with Gasteiger partial charge in [0, 0.05) is 44.0 Å². The molecule has 0 aromatic carbocycles. The first-order valence-corrected chi connectivity index (χ1v) is 9.03. The van der Waals surface area contributed by atoms with Crippen molar-refractivity contribution in [2.45, 2.75) is 32.1 Å². The summed E-state index contributed by atoms with van der Waals surface area (Å²) in [4.78, 5) is 7.04. The molecule has 1 aliphatic carbocycles. The minimum atomic E-state index is 0.324. The lowest BCUT2D eigenvalue weighted by Crippen LogP contribution is -2.47. The van der Waals surface area contributed by atoms with Gasteiger partial charge in [0.25, 0.3) is 0 Å². The molecule has 1 N–H and O–H groups in total. The number of fused-ring (bicyclic) bond motifs is 1. The van der Waals surface area contributed by atoms with Crippen molar-refractivity contribution in [3.05, 3.63) is 18.7 Å². The molecule has 1 saturated carbocycles. The van der Waals surface area contributed by atoms with Gasteiger partial charge in [0.1, 0.15) is 6.33 Å². The van der Waals surface area contributed by atoms with E-state index < -0.39 is 0 Å². The third kappa shape index (κ3) is 3.37. The molecule has 0 spiro atoms. The Kier molecular flexibility index (Phi) is 4.62. The highest BCUT2D eigenvalue weighted by molar-refractivity contribution is 5.61. The summed E-state index contributed by atoms with van der Waals surface area (Å²) in [5.74, 6) is 0.835. The molecule has 4 rings (SSSR count). The van der Waals surface area contributed by atoms with Crippen LogP contribution in [0.2, 0.25) is 0 Å². The minimum Gasteiger partial charge on any atom is -0.379 e. The summed E-state index contributed by atoms with van der Waals surface area (Å²) in [6.07, 6.45) is 12.0. The van der Waals surface area contributed by atoms with E-state index in [0.29, 0.717) is 5.41 Å². The van der Waals surface area contributed by atoms with Crippen LogP contribution in [-0.4, -0.2) is 63.9 Å². The van der Waals surface area contributed by atoms with Gasteiger partial charge in [-0.2, -0.15) is 0 Å². The number of hydrogen-bond acceptors (Lipinski definition) is 6. The molecule has 7 heteroatoms. The predicted octanol–water partition coefficient (Wildman–Crippen LogP) is 1.82. The van der Waals surface area contributed by atoms with Gasteiger partial charge < -0.3 is 10.1 Å². The highest BCUT2D eigenvalue weighted by atomic mass is 16.5. The van der Waals surface area contributed by atoms with Gasteiger partial charge in [-0.25, -0.2) is 4.98 Å². The quantitative estimate of drug-likeness (QED) is 0.902. The molecule has 0 unspecified atom stereocenters. The van der Waals surface area contributed by atoms with E-state index in [-0.39, 0.29) is 0 Å². The Bertz CT molecular complexity index is 660. The molecule has 0 radical (unpaired) electrons. The van der Waals surface area contributed by atoms with E-state index in [9.17, 15) is 0 Å². The second-order valence-corrected chi connectivity index (χ2v) is 7.14. The Morgan fingerprint density at radius 2 is 2.00 bits per heavy atom. The molecule has 3 heterocycles. The van der Waals surface area contributed by atoms with E-state index in [2.05, 4.69) is 25.4 Å².